The molecule has 0 fully saturated rings. The summed E-state index contributed by atoms with van der Waals surface area (Å²) in [6.07, 6.45) is 2.83. The topological polar surface area (TPSA) is 42.0 Å². The Labute approximate surface area is 82.2 Å². The summed E-state index contributed by atoms with van der Waals surface area (Å²) in [6.45, 7) is 3.73. The van der Waals surface area contributed by atoms with E-state index in [0.717, 1.165) is 18.1 Å². The molecule has 4 heteroatoms. The number of carbonyl (C=O) groups is 1. The summed E-state index contributed by atoms with van der Waals surface area (Å²) in [7, 11) is 0. The van der Waals surface area contributed by atoms with Crippen LogP contribution in [0, 0.1) is 0 Å². The number of aromatic nitrogens is 1. The van der Waals surface area contributed by atoms with Gasteiger partial charge in [-0.1, -0.05) is 6.92 Å². The van der Waals surface area contributed by atoms with Gasteiger partial charge in [0.15, 0.2) is 0 Å². The van der Waals surface area contributed by atoms with Gasteiger partial charge in [-0.05, 0) is 6.54 Å². The number of carbonyl (C=O) groups excluding carboxylic acids is 1. The summed E-state index contributed by atoms with van der Waals surface area (Å²) >= 11 is 1.54. The number of nitrogens with zero attached hydrogens (tertiary/aromatic N) is 1. The van der Waals surface area contributed by atoms with Gasteiger partial charge in [-0.3, -0.25) is 4.79 Å². The molecular weight excluding hydrogens is 184 g/mol. The van der Waals surface area contributed by atoms with Crippen molar-refractivity contribution in [3.8, 4) is 0 Å². The smallest absolute Gasteiger partial charge is 0.140 e. The second-order valence-electron chi connectivity index (χ2n) is 2.74. The van der Waals surface area contributed by atoms with Crippen LogP contribution in [0.1, 0.15) is 18.4 Å². The molecule has 0 aromatic carbocycles. The van der Waals surface area contributed by atoms with E-state index in [1.165, 1.54) is 11.3 Å². The predicted octanol–water partition coefficient (Wildman–Crippen LogP) is 1.25. The zero-order valence-corrected chi connectivity index (χ0v) is 8.56. The number of hydrogen-bond donors (Lipinski definition) is 1. The molecule has 1 N–H and O–H groups in total. The maximum atomic E-state index is 11.3. The fraction of sp³-hybridized carbons (Fsp3) is 0.556. The maximum Gasteiger partial charge on any atom is 0.140 e. The molecular formula is C9H14N2OS. The van der Waals surface area contributed by atoms with E-state index >= 15 is 0 Å². The van der Waals surface area contributed by atoms with E-state index in [1.807, 2.05) is 12.3 Å². The number of nitrogens with one attached hydrogen (secondary N) is 1. The van der Waals surface area contributed by atoms with Crippen molar-refractivity contribution in [2.24, 2.45) is 0 Å². The lowest BCUT2D eigenvalue weighted by Crippen LogP contribution is -2.18. The van der Waals surface area contributed by atoms with Crippen molar-refractivity contribution in [3.05, 3.63) is 16.6 Å². The molecule has 0 aliphatic heterocycles. The van der Waals surface area contributed by atoms with Gasteiger partial charge in [0.2, 0.25) is 0 Å². The Bertz CT molecular complexity index is 246. The highest BCUT2D eigenvalue weighted by molar-refractivity contribution is 7.09. The van der Waals surface area contributed by atoms with Crippen molar-refractivity contribution in [3.63, 3.8) is 0 Å². The van der Waals surface area contributed by atoms with Crippen molar-refractivity contribution >= 4 is 17.1 Å². The summed E-state index contributed by atoms with van der Waals surface area (Å²) in [4.78, 5) is 15.4. The van der Waals surface area contributed by atoms with Crippen LogP contribution in [0.2, 0.25) is 0 Å². The zero-order chi connectivity index (χ0) is 9.52. The Morgan fingerprint density at radius 1 is 1.69 bits per heavy atom. The first-order chi connectivity index (χ1) is 6.33. The average Bonchev–Trinajstić information content (AvgIpc) is 2.57. The van der Waals surface area contributed by atoms with Crippen LogP contribution >= 0.6 is 11.3 Å². The van der Waals surface area contributed by atoms with Crippen LogP contribution in [-0.2, 0) is 11.2 Å². The highest BCUT2D eigenvalue weighted by Gasteiger charge is 2.04. The van der Waals surface area contributed by atoms with Gasteiger partial charge in [-0.2, -0.15) is 0 Å². The van der Waals surface area contributed by atoms with Crippen molar-refractivity contribution in [1.82, 2.24) is 10.3 Å². The Balaban J connectivity index is 2.18. The van der Waals surface area contributed by atoms with Gasteiger partial charge in [0, 0.05) is 24.5 Å². The Kier molecular flexibility index (Phi) is 4.64. The molecule has 1 heterocycles. The van der Waals surface area contributed by atoms with Crippen LogP contribution in [-0.4, -0.2) is 23.9 Å². The number of thiazole rings is 1. The number of hydrogen-bond acceptors (Lipinski definition) is 4. The van der Waals surface area contributed by atoms with Gasteiger partial charge in [-0.15, -0.1) is 11.3 Å². The van der Waals surface area contributed by atoms with Gasteiger partial charge in [0.1, 0.15) is 5.78 Å². The summed E-state index contributed by atoms with van der Waals surface area (Å²) in [5, 5.41) is 5.93. The van der Waals surface area contributed by atoms with Gasteiger partial charge in [0.05, 0.1) is 11.4 Å². The normalized spacial score (nSPS) is 10.2. The third-order valence-electron chi connectivity index (χ3n) is 1.66. The molecule has 0 spiro atoms. The van der Waals surface area contributed by atoms with Crippen LogP contribution in [0.5, 0.6) is 0 Å². The fourth-order valence-electron chi connectivity index (χ4n) is 1.00. The minimum Gasteiger partial charge on any atom is -0.317 e. The molecule has 0 saturated carbocycles. The second kappa shape index (κ2) is 5.83. The van der Waals surface area contributed by atoms with Crippen LogP contribution in [0.15, 0.2) is 11.6 Å². The van der Waals surface area contributed by atoms with Gasteiger partial charge in [0.25, 0.3) is 0 Å². The van der Waals surface area contributed by atoms with Crippen LogP contribution in [0.3, 0.4) is 0 Å². The number of Topliss-reactive ketones (excluding diaryl/α,β-unsaturated/α-hetero) is 1. The summed E-state index contributed by atoms with van der Waals surface area (Å²) in [5.74, 6) is 0.260. The quantitative estimate of drug-likeness (QED) is 0.700. The molecule has 0 atom stereocenters. The zero-order valence-electron chi connectivity index (χ0n) is 7.75. The summed E-state index contributed by atoms with van der Waals surface area (Å²) in [6, 6.07) is 0. The molecule has 0 bridgehead atoms. The predicted molar refractivity (Wildman–Crippen MR) is 54.0 cm³/mol. The molecule has 0 aliphatic carbocycles. The molecule has 0 aliphatic rings. The van der Waals surface area contributed by atoms with Crippen molar-refractivity contribution in [1.29, 1.82) is 0 Å². The Morgan fingerprint density at radius 2 is 2.54 bits per heavy atom. The Morgan fingerprint density at radius 3 is 3.15 bits per heavy atom. The minimum atomic E-state index is 0.260. The molecule has 0 saturated heterocycles. The molecule has 0 unspecified atom stereocenters. The highest BCUT2D eigenvalue weighted by atomic mass is 32.1. The monoisotopic (exact) mass is 198 g/mol. The molecule has 1 rings (SSSR count). The molecule has 13 heavy (non-hydrogen) atoms. The van der Waals surface area contributed by atoms with E-state index in [2.05, 4.69) is 10.3 Å². The third-order valence-corrected chi connectivity index (χ3v) is 2.44. The molecule has 72 valence electrons. The van der Waals surface area contributed by atoms with E-state index < -0.39 is 0 Å². The van der Waals surface area contributed by atoms with E-state index in [-0.39, 0.29) is 5.78 Å². The molecule has 3 nitrogen and oxygen atoms in total. The van der Waals surface area contributed by atoms with Gasteiger partial charge < -0.3 is 5.32 Å². The van der Waals surface area contributed by atoms with E-state index in [9.17, 15) is 4.79 Å². The lowest BCUT2D eigenvalue weighted by molar-refractivity contribution is -0.118. The molecule has 1 aromatic heterocycles. The van der Waals surface area contributed by atoms with E-state index in [1.54, 1.807) is 6.20 Å². The molecule has 0 amide bonds. The third kappa shape index (κ3) is 4.15. The van der Waals surface area contributed by atoms with Crippen molar-refractivity contribution < 1.29 is 4.79 Å². The van der Waals surface area contributed by atoms with Gasteiger partial charge >= 0.3 is 0 Å². The molecule has 0 radical (unpaired) electrons. The Hall–Kier alpha value is -0.740. The first-order valence-corrected chi connectivity index (χ1v) is 5.31. The first-order valence-electron chi connectivity index (χ1n) is 4.43. The minimum absolute atomic E-state index is 0.260. The lowest BCUT2D eigenvalue weighted by Gasteiger charge is -1.99. The molecule has 1 aromatic rings. The first kappa shape index (κ1) is 10.3. The lowest BCUT2D eigenvalue weighted by atomic mass is 10.2. The summed E-state index contributed by atoms with van der Waals surface area (Å²) in [5.41, 5.74) is 0. The van der Waals surface area contributed by atoms with Crippen LogP contribution in [0.4, 0.5) is 0 Å². The van der Waals surface area contributed by atoms with E-state index in [4.69, 9.17) is 0 Å². The summed E-state index contributed by atoms with van der Waals surface area (Å²) < 4.78 is 0. The van der Waals surface area contributed by atoms with Crippen LogP contribution in [0.25, 0.3) is 0 Å². The highest BCUT2D eigenvalue weighted by Crippen LogP contribution is 2.05. The number of ketones is 1. The fourth-order valence-corrected chi connectivity index (χ4v) is 1.65. The SMILES string of the molecule is CCNCCC(=O)Cc1nccs1. The number of rotatable bonds is 6. The maximum absolute atomic E-state index is 11.3. The largest absolute Gasteiger partial charge is 0.317 e. The van der Waals surface area contributed by atoms with Gasteiger partial charge in [-0.25, -0.2) is 4.98 Å². The van der Waals surface area contributed by atoms with E-state index in [0.29, 0.717) is 12.8 Å². The average molecular weight is 198 g/mol. The standard InChI is InChI=1S/C9H14N2OS/c1-2-10-4-3-8(12)7-9-11-5-6-13-9/h5-6,10H,2-4,7H2,1H3. The van der Waals surface area contributed by atoms with Crippen molar-refractivity contribution in [2.75, 3.05) is 13.1 Å². The second-order valence-corrected chi connectivity index (χ2v) is 3.72. The van der Waals surface area contributed by atoms with Crippen LogP contribution < -0.4 is 5.32 Å². The van der Waals surface area contributed by atoms with Crippen molar-refractivity contribution in [2.45, 2.75) is 19.8 Å².